The summed E-state index contributed by atoms with van der Waals surface area (Å²) in [7, 11) is 0. The zero-order valence-corrected chi connectivity index (χ0v) is 8.38. The van der Waals surface area contributed by atoms with E-state index >= 15 is 0 Å². The van der Waals surface area contributed by atoms with Crippen molar-refractivity contribution >= 4 is 29.2 Å². The van der Waals surface area contributed by atoms with Crippen LogP contribution in [0.1, 0.15) is 0 Å². The van der Waals surface area contributed by atoms with Gasteiger partial charge in [0.25, 0.3) is 6.01 Å². The lowest BCUT2D eigenvalue weighted by Gasteiger charge is -1.97. The molecule has 2 rings (SSSR count). The lowest BCUT2D eigenvalue weighted by molar-refractivity contribution is 0.594. The first-order chi connectivity index (χ1) is 6.66. The Morgan fingerprint density at radius 2 is 2.00 bits per heavy atom. The van der Waals surface area contributed by atoms with Crippen molar-refractivity contribution in [3.8, 4) is 11.3 Å². The molecule has 2 N–H and O–H groups in total. The van der Waals surface area contributed by atoms with Crippen molar-refractivity contribution in [2.24, 2.45) is 0 Å². The van der Waals surface area contributed by atoms with Crippen molar-refractivity contribution in [2.75, 3.05) is 5.73 Å². The molecule has 72 valence electrons. The minimum atomic E-state index is 0.103. The van der Waals surface area contributed by atoms with Gasteiger partial charge >= 0.3 is 0 Å². The van der Waals surface area contributed by atoms with E-state index in [2.05, 4.69) is 9.97 Å². The number of halogens is 2. The van der Waals surface area contributed by atoms with Crippen LogP contribution in [-0.2, 0) is 0 Å². The monoisotopic (exact) mass is 229 g/mol. The maximum Gasteiger partial charge on any atom is 0.292 e. The second kappa shape index (κ2) is 3.48. The fraction of sp³-hybridized carbons (Fsp3) is 0. The lowest BCUT2D eigenvalue weighted by Crippen LogP contribution is -1.81. The van der Waals surface area contributed by atoms with Crippen molar-refractivity contribution < 1.29 is 4.42 Å². The number of nitrogens with two attached hydrogens (primary N) is 1. The number of pyridine rings is 1. The fourth-order valence-corrected chi connectivity index (χ4v) is 1.25. The van der Waals surface area contributed by atoms with E-state index in [1.807, 2.05) is 0 Å². The van der Waals surface area contributed by atoms with E-state index in [-0.39, 0.29) is 11.2 Å². The van der Waals surface area contributed by atoms with Crippen molar-refractivity contribution in [2.45, 2.75) is 0 Å². The van der Waals surface area contributed by atoms with Gasteiger partial charge in [-0.2, -0.15) is 0 Å². The Hall–Kier alpha value is -1.26. The van der Waals surface area contributed by atoms with E-state index < -0.39 is 0 Å². The molecule has 2 heterocycles. The van der Waals surface area contributed by atoms with Gasteiger partial charge in [0.05, 0.1) is 11.2 Å². The smallest absolute Gasteiger partial charge is 0.292 e. The number of hydrogen-bond donors (Lipinski definition) is 1. The third-order valence-corrected chi connectivity index (χ3v) is 2.29. The Labute approximate surface area is 89.7 Å². The summed E-state index contributed by atoms with van der Waals surface area (Å²) in [5.41, 5.74) is 6.01. The minimum Gasteiger partial charge on any atom is -0.424 e. The van der Waals surface area contributed by atoms with E-state index in [0.717, 1.165) is 0 Å². The first-order valence-corrected chi connectivity index (χ1v) is 4.45. The molecule has 4 nitrogen and oxygen atoms in total. The van der Waals surface area contributed by atoms with E-state index in [0.29, 0.717) is 16.3 Å². The van der Waals surface area contributed by atoms with Crippen molar-refractivity contribution in [3.05, 3.63) is 28.6 Å². The second-order valence-corrected chi connectivity index (χ2v) is 3.32. The molecular formula is C8H5Cl2N3O. The molecular weight excluding hydrogens is 225 g/mol. The van der Waals surface area contributed by atoms with Crippen LogP contribution in [0.3, 0.4) is 0 Å². The van der Waals surface area contributed by atoms with Crippen LogP contribution in [0.25, 0.3) is 11.3 Å². The van der Waals surface area contributed by atoms with Crippen LogP contribution < -0.4 is 5.73 Å². The van der Waals surface area contributed by atoms with Crippen LogP contribution in [-0.4, -0.2) is 9.97 Å². The third kappa shape index (κ3) is 1.66. The van der Waals surface area contributed by atoms with Crippen LogP contribution >= 0.6 is 23.2 Å². The van der Waals surface area contributed by atoms with Crippen LogP contribution in [0.15, 0.2) is 22.9 Å². The van der Waals surface area contributed by atoms with E-state index in [1.165, 1.54) is 12.4 Å². The van der Waals surface area contributed by atoms with E-state index in [1.54, 1.807) is 6.07 Å². The average molecular weight is 230 g/mol. The summed E-state index contributed by atoms with van der Waals surface area (Å²) in [6.45, 7) is 0. The summed E-state index contributed by atoms with van der Waals surface area (Å²) in [6, 6.07) is 1.74. The highest BCUT2D eigenvalue weighted by atomic mass is 35.5. The number of nitrogen functional groups attached to an aromatic ring is 1. The number of anilines is 1. The Balaban J connectivity index is 2.47. The molecule has 0 aliphatic carbocycles. The van der Waals surface area contributed by atoms with Gasteiger partial charge in [-0.1, -0.05) is 23.2 Å². The Morgan fingerprint density at radius 3 is 2.57 bits per heavy atom. The van der Waals surface area contributed by atoms with Gasteiger partial charge in [-0.15, -0.1) is 0 Å². The second-order valence-electron chi connectivity index (χ2n) is 2.56. The SMILES string of the molecule is Nc1ncc(-c2cnc(Cl)c(Cl)c2)o1. The maximum atomic E-state index is 5.78. The average Bonchev–Trinajstić information content (AvgIpc) is 2.57. The molecule has 14 heavy (non-hydrogen) atoms. The highest BCUT2D eigenvalue weighted by Gasteiger charge is 2.07. The highest BCUT2D eigenvalue weighted by molar-refractivity contribution is 6.41. The summed E-state index contributed by atoms with van der Waals surface area (Å²) < 4.78 is 5.09. The molecule has 0 aromatic carbocycles. The van der Waals surface area contributed by atoms with Crippen LogP contribution in [0.4, 0.5) is 6.01 Å². The van der Waals surface area contributed by atoms with Crippen LogP contribution in [0, 0.1) is 0 Å². The maximum absolute atomic E-state index is 5.78. The topological polar surface area (TPSA) is 64.9 Å². The Bertz CT molecular complexity index is 469. The zero-order chi connectivity index (χ0) is 10.1. The Kier molecular flexibility index (Phi) is 2.31. The van der Waals surface area contributed by atoms with E-state index in [9.17, 15) is 0 Å². The molecule has 6 heteroatoms. The molecule has 0 saturated heterocycles. The molecule has 0 bridgehead atoms. The fourth-order valence-electron chi connectivity index (χ4n) is 0.977. The highest BCUT2D eigenvalue weighted by Crippen LogP contribution is 2.26. The molecule has 0 radical (unpaired) electrons. The van der Waals surface area contributed by atoms with Crippen molar-refractivity contribution in [3.63, 3.8) is 0 Å². The number of aromatic nitrogens is 2. The van der Waals surface area contributed by atoms with Crippen LogP contribution in [0.2, 0.25) is 10.2 Å². The molecule has 2 aromatic heterocycles. The predicted octanol–water partition coefficient (Wildman–Crippen LogP) is 2.63. The summed E-state index contributed by atoms with van der Waals surface area (Å²) in [5, 5.41) is 0.613. The first-order valence-electron chi connectivity index (χ1n) is 3.69. The normalized spacial score (nSPS) is 10.4. The quantitative estimate of drug-likeness (QED) is 0.764. The van der Waals surface area contributed by atoms with Gasteiger partial charge in [0.15, 0.2) is 5.76 Å². The number of nitrogens with zero attached hydrogens (tertiary/aromatic N) is 2. The molecule has 0 spiro atoms. The Morgan fingerprint density at radius 1 is 1.21 bits per heavy atom. The molecule has 0 aliphatic heterocycles. The van der Waals surface area contributed by atoms with Crippen molar-refractivity contribution in [1.82, 2.24) is 9.97 Å². The standard InChI is InChI=1S/C8H5Cl2N3O/c9-5-1-4(2-12-7(5)10)6-3-13-8(11)14-6/h1-3H,(H2,11,13). The van der Waals surface area contributed by atoms with Gasteiger partial charge in [-0.05, 0) is 6.07 Å². The van der Waals surface area contributed by atoms with E-state index in [4.69, 9.17) is 33.4 Å². The summed E-state index contributed by atoms with van der Waals surface area (Å²) >= 11 is 11.4. The molecule has 0 amide bonds. The molecule has 0 saturated carbocycles. The first kappa shape index (κ1) is 9.30. The lowest BCUT2D eigenvalue weighted by atomic mass is 10.2. The van der Waals surface area contributed by atoms with Gasteiger partial charge in [0.2, 0.25) is 0 Å². The minimum absolute atomic E-state index is 0.103. The van der Waals surface area contributed by atoms with Crippen LogP contribution in [0.5, 0.6) is 0 Å². The third-order valence-electron chi connectivity index (χ3n) is 1.60. The van der Waals surface area contributed by atoms with Gasteiger partial charge in [-0.25, -0.2) is 9.97 Å². The number of hydrogen-bond acceptors (Lipinski definition) is 4. The van der Waals surface area contributed by atoms with Gasteiger partial charge < -0.3 is 10.2 Å². The van der Waals surface area contributed by atoms with Crippen molar-refractivity contribution in [1.29, 1.82) is 0 Å². The number of rotatable bonds is 1. The molecule has 0 fully saturated rings. The summed E-state index contributed by atoms with van der Waals surface area (Å²) in [5.74, 6) is 0.508. The molecule has 0 unspecified atom stereocenters. The molecule has 2 aromatic rings. The summed E-state index contributed by atoms with van der Waals surface area (Å²) in [4.78, 5) is 7.62. The summed E-state index contributed by atoms with van der Waals surface area (Å²) in [6.07, 6.45) is 3.03. The predicted molar refractivity (Wildman–Crippen MR) is 54.2 cm³/mol. The number of oxazole rings is 1. The zero-order valence-electron chi connectivity index (χ0n) is 6.87. The largest absolute Gasteiger partial charge is 0.424 e. The van der Waals surface area contributed by atoms with Gasteiger partial charge in [0, 0.05) is 11.8 Å². The van der Waals surface area contributed by atoms with Gasteiger partial charge in [-0.3, -0.25) is 0 Å². The molecule has 0 atom stereocenters. The van der Waals surface area contributed by atoms with Gasteiger partial charge in [0.1, 0.15) is 5.15 Å². The molecule has 0 aliphatic rings.